The predicted octanol–water partition coefficient (Wildman–Crippen LogP) is 2.26. The largest absolute Gasteiger partial charge is 0.390 e. The van der Waals surface area contributed by atoms with E-state index < -0.39 is 0 Å². The molecule has 4 nitrogen and oxygen atoms in total. The van der Waals surface area contributed by atoms with Gasteiger partial charge in [0.15, 0.2) is 0 Å². The summed E-state index contributed by atoms with van der Waals surface area (Å²) in [5.41, 5.74) is 3.02. The summed E-state index contributed by atoms with van der Waals surface area (Å²) in [6.07, 6.45) is 0. The van der Waals surface area contributed by atoms with Crippen LogP contribution in [0.25, 0.3) is 10.9 Å². The van der Waals surface area contributed by atoms with Crippen LogP contribution in [0.3, 0.4) is 0 Å². The van der Waals surface area contributed by atoms with Gasteiger partial charge >= 0.3 is 0 Å². The SMILES string of the molecule is CN1CCN(c2cc(CO)nc3ccccc23)CC1(C)C. The van der Waals surface area contributed by atoms with Crippen LogP contribution >= 0.6 is 0 Å². The Morgan fingerprint density at radius 1 is 1.24 bits per heavy atom. The lowest BCUT2D eigenvalue weighted by Crippen LogP contribution is -2.57. The van der Waals surface area contributed by atoms with E-state index in [0.29, 0.717) is 0 Å². The molecule has 1 fully saturated rings. The van der Waals surface area contributed by atoms with Crippen LogP contribution in [0.2, 0.25) is 0 Å². The van der Waals surface area contributed by atoms with E-state index in [4.69, 9.17) is 0 Å². The van der Waals surface area contributed by atoms with E-state index in [1.807, 2.05) is 24.3 Å². The lowest BCUT2D eigenvalue weighted by molar-refractivity contribution is 0.139. The van der Waals surface area contributed by atoms with Gasteiger partial charge in [-0.2, -0.15) is 0 Å². The molecule has 1 aromatic heterocycles. The van der Waals surface area contributed by atoms with Gasteiger partial charge in [0.2, 0.25) is 0 Å². The highest BCUT2D eigenvalue weighted by atomic mass is 16.3. The van der Waals surface area contributed by atoms with Gasteiger partial charge < -0.3 is 10.0 Å². The first-order chi connectivity index (χ1) is 10.0. The maximum Gasteiger partial charge on any atom is 0.0854 e. The maximum atomic E-state index is 9.48. The average Bonchev–Trinajstić information content (AvgIpc) is 2.48. The topological polar surface area (TPSA) is 39.6 Å². The van der Waals surface area contributed by atoms with Crippen molar-refractivity contribution in [1.29, 1.82) is 0 Å². The van der Waals surface area contributed by atoms with Gasteiger partial charge in [0.1, 0.15) is 0 Å². The van der Waals surface area contributed by atoms with Crippen molar-refractivity contribution in [2.24, 2.45) is 0 Å². The first-order valence-electron chi connectivity index (χ1n) is 7.47. The highest BCUT2D eigenvalue weighted by Crippen LogP contribution is 2.30. The van der Waals surface area contributed by atoms with E-state index in [2.05, 4.69) is 41.7 Å². The Bertz CT molecular complexity index is 654. The molecule has 2 heterocycles. The highest BCUT2D eigenvalue weighted by Gasteiger charge is 2.31. The Labute approximate surface area is 126 Å². The maximum absolute atomic E-state index is 9.48. The molecular formula is C17H23N3O. The molecule has 0 aliphatic carbocycles. The van der Waals surface area contributed by atoms with Gasteiger partial charge in [-0.1, -0.05) is 18.2 Å². The van der Waals surface area contributed by atoms with E-state index >= 15 is 0 Å². The van der Waals surface area contributed by atoms with Crippen LogP contribution in [0, 0.1) is 0 Å². The van der Waals surface area contributed by atoms with Gasteiger partial charge in [0, 0.05) is 36.2 Å². The van der Waals surface area contributed by atoms with E-state index in [-0.39, 0.29) is 12.1 Å². The average molecular weight is 285 g/mol. The predicted molar refractivity (Wildman–Crippen MR) is 86.6 cm³/mol. The molecular weight excluding hydrogens is 262 g/mol. The number of aliphatic hydroxyl groups excluding tert-OH is 1. The molecule has 0 bridgehead atoms. The molecule has 1 aromatic carbocycles. The zero-order chi connectivity index (χ0) is 15.0. The second-order valence-corrected chi connectivity index (χ2v) is 6.46. The fourth-order valence-corrected chi connectivity index (χ4v) is 3.00. The van der Waals surface area contributed by atoms with Gasteiger partial charge in [-0.05, 0) is 33.0 Å². The van der Waals surface area contributed by atoms with Crippen LogP contribution in [0.4, 0.5) is 5.69 Å². The molecule has 1 saturated heterocycles. The number of benzene rings is 1. The van der Waals surface area contributed by atoms with Crippen molar-refractivity contribution < 1.29 is 5.11 Å². The first-order valence-corrected chi connectivity index (χ1v) is 7.47. The molecule has 21 heavy (non-hydrogen) atoms. The van der Waals surface area contributed by atoms with E-state index in [9.17, 15) is 5.11 Å². The molecule has 1 aliphatic heterocycles. The Morgan fingerprint density at radius 3 is 2.71 bits per heavy atom. The zero-order valence-electron chi connectivity index (χ0n) is 13.0. The summed E-state index contributed by atoms with van der Waals surface area (Å²) in [6, 6.07) is 10.2. The smallest absolute Gasteiger partial charge is 0.0854 e. The monoisotopic (exact) mass is 285 g/mol. The minimum atomic E-state index is -0.0189. The van der Waals surface area contributed by atoms with Crippen molar-refractivity contribution in [2.75, 3.05) is 31.6 Å². The summed E-state index contributed by atoms with van der Waals surface area (Å²) in [4.78, 5) is 9.34. The number of anilines is 1. The molecule has 0 amide bonds. The van der Waals surface area contributed by atoms with Crippen molar-refractivity contribution in [3.8, 4) is 0 Å². The Hall–Kier alpha value is -1.65. The third kappa shape index (κ3) is 2.61. The van der Waals surface area contributed by atoms with Gasteiger partial charge in [0.05, 0.1) is 17.8 Å². The first kappa shape index (κ1) is 14.3. The zero-order valence-corrected chi connectivity index (χ0v) is 13.0. The summed E-state index contributed by atoms with van der Waals surface area (Å²) in [6.45, 7) is 7.54. The third-order valence-electron chi connectivity index (χ3n) is 4.57. The van der Waals surface area contributed by atoms with Gasteiger partial charge in [-0.3, -0.25) is 9.88 Å². The van der Waals surface area contributed by atoms with Crippen molar-refractivity contribution >= 4 is 16.6 Å². The number of rotatable bonds is 2. The Kier molecular flexibility index (Phi) is 3.59. The second kappa shape index (κ2) is 5.28. The normalized spacial score (nSPS) is 19.1. The summed E-state index contributed by atoms with van der Waals surface area (Å²) < 4.78 is 0. The summed E-state index contributed by atoms with van der Waals surface area (Å²) in [5, 5.41) is 10.6. The number of pyridine rings is 1. The van der Waals surface area contributed by atoms with Gasteiger partial charge in [-0.25, -0.2) is 0 Å². The van der Waals surface area contributed by atoms with E-state index in [1.54, 1.807) is 0 Å². The third-order valence-corrected chi connectivity index (χ3v) is 4.57. The molecule has 2 aromatic rings. The molecule has 0 saturated carbocycles. The number of hydrogen-bond donors (Lipinski definition) is 1. The highest BCUT2D eigenvalue weighted by molar-refractivity contribution is 5.92. The Morgan fingerprint density at radius 2 is 2.00 bits per heavy atom. The molecule has 0 unspecified atom stereocenters. The van der Waals surface area contributed by atoms with Crippen molar-refractivity contribution in [3.05, 3.63) is 36.0 Å². The van der Waals surface area contributed by atoms with Crippen LogP contribution < -0.4 is 4.90 Å². The summed E-state index contributed by atoms with van der Waals surface area (Å²) >= 11 is 0. The lowest BCUT2D eigenvalue weighted by atomic mass is 9.98. The number of para-hydroxylation sites is 1. The molecule has 1 aliphatic rings. The van der Waals surface area contributed by atoms with Crippen LogP contribution in [0.15, 0.2) is 30.3 Å². The molecule has 0 radical (unpaired) electrons. The van der Waals surface area contributed by atoms with E-state index in [1.165, 1.54) is 5.69 Å². The molecule has 112 valence electrons. The summed E-state index contributed by atoms with van der Waals surface area (Å²) in [7, 11) is 2.18. The van der Waals surface area contributed by atoms with Crippen molar-refractivity contribution in [1.82, 2.24) is 9.88 Å². The number of fused-ring (bicyclic) bond motifs is 1. The van der Waals surface area contributed by atoms with E-state index in [0.717, 1.165) is 36.2 Å². The number of aliphatic hydroxyl groups is 1. The minimum absolute atomic E-state index is 0.0189. The molecule has 0 spiro atoms. The number of hydrogen-bond acceptors (Lipinski definition) is 4. The summed E-state index contributed by atoms with van der Waals surface area (Å²) in [5.74, 6) is 0. The lowest BCUT2D eigenvalue weighted by Gasteiger charge is -2.46. The molecule has 3 rings (SSSR count). The molecule has 1 N–H and O–H groups in total. The standard InChI is InChI=1S/C17H23N3O/c1-17(2)12-20(9-8-19(17)3)16-10-13(11-21)18-15-7-5-4-6-14(15)16/h4-7,10,21H,8-9,11-12H2,1-3H3. The van der Waals surface area contributed by atoms with Crippen LogP contribution in [0.5, 0.6) is 0 Å². The Balaban J connectivity index is 2.07. The van der Waals surface area contributed by atoms with Gasteiger partial charge in [0.25, 0.3) is 0 Å². The van der Waals surface area contributed by atoms with Crippen LogP contribution in [-0.2, 0) is 6.61 Å². The number of likely N-dealkylation sites (N-methyl/N-ethyl adjacent to an activating group) is 1. The fourth-order valence-electron chi connectivity index (χ4n) is 3.00. The van der Waals surface area contributed by atoms with Crippen molar-refractivity contribution in [2.45, 2.75) is 26.0 Å². The number of piperazine rings is 1. The number of nitrogens with zero attached hydrogens (tertiary/aromatic N) is 3. The molecule has 0 atom stereocenters. The minimum Gasteiger partial charge on any atom is -0.390 e. The van der Waals surface area contributed by atoms with Crippen LogP contribution in [0.1, 0.15) is 19.5 Å². The fraction of sp³-hybridized carbons (Fsp3) is 0.471. The quantitative estimate of drug-likeness (QED) is 0.919. The van der Waals surface area contributed by atoms with Gasteiger partial charge in [-0.15, -0.1) is 0 Å². The second-order valence-electron chi connectivity index (χ2n) is 6.46. The molecule has 4 heteroatoms. The van der Waals surface area contributed by atoms with Crippen LogP contribution in [-0.4, -0.2) is 47.2 Å². The number of aromatic nitrogens is 1. The van der Waals surface area contributed by atoms with Crippen molar-refractivity contribution in [3.63, 3.8) is 0 Å².